The second kappa shape index (κ2) is 4.99. The minimum absolute atomic E-state index is 0.0329. The first-order valence-electron chi connectivity index (χ1n) is 7.46. The molecule has 0 aliphatic heterocycles. The monoisotopic (exact) mass is 258 g/mol. The zero-order chi connectivity index (χ0) is 13.4. The summed E-state index contributed by atoms with van der Waals surface area (Å²) in [5, 5.41) is 0. The second-order valence-corrected chi connectivity index (χ2v) is 5.95. The van der Waals surface area contributed by atoms with Crippen molar-refractivity contribution in [2.75, 3.05) is 6.61 Å². The summed E-state index contributed by atoms with van der Waals surface area (Å²) in [7, 11) is 0. The summed E-state index contributed by atoms with van der Waals surface area (Å²) in [5.41, 5.74) is 4.34. The molecule has 3 atom stereocenters. The van der Waals surface area contributed by atoms with Crippen LogP contribution in [0.1, 0.15) is 48.8 Å². The molecule has 0 N–H and O–H groups in total. The van der Waals surface area contributed by atoms with Gasteiger partial charge in [-0.2, -0.15) is 0 Å². The average molecular weight is 258 g/mol. The van der Waals surface area contributed by atoms with Crippen LogP contribution in [-0.4, -0.2) is 12.6 Å². The lowest BCUT2D eigenvalue weighted by Crippen LogP contribution is -2.27. The summed E-state index contributed by atoms with van der Waals surface area (Å²) in [6.45, 7) is 4.55. The van der Waals surface area contributed by atoms with Crippen molar-refractivity contribution < 1.29 is 9.53 Å². The van der Waals surface area contributed by atoms with Crippen LogP contribution in [-0.2, 0) is 16.0 Å². The van der Waals surface area contributed by atoms with Crippen molar-refractivity contribution >= 4 is 5.97 Å². The SMILES string of the molecule is CCOC(=O)[C@H]1CCC2c3ccc(C)cc3CCC21. The van der Waals surface area contributed by atoms with Crippen LogP contribution in [0.4, 0.5) is 0 Å². The topological polar surface area (TPSA) is 26.3 Å². The quantitative estimate of drug-likeness (QED) is 0.757. The number of rotatable bonds is 2. The molecule has 1 aromatic rings. The van der Waals surface area contributed by atoms with Crippen LogP contribution >= 0.6 is 0 Å². The molecule has 1 aromatic carbocycles. The molecule has 2 nitrogen and oxygen atoms in total. The first-order chi connectivity index (χ1) is 9.20. The second-order valence-electron chi connectivity index (χ2n) is 5.95. The minimum atomic E-state index is 0.0329. The van der Waals surface area contributed by atoms with Gasteiger partial charge in [0.25, 0.3) is 0 Å². The standard InChI is InChI=1S/C17H22O2/c1-3-19-17(18)16-9-8-14-13-6-4-11(2)10-12(13)5-7-15(14)16/h4,6,10,14-16H,3,5,7-9H2,1-2H3/t14?,15?,16-/m0/s1. The molecule has 1 saturated carbocycles. The Morgan fingerprint density at radius 3 is 2.95 bits per heavy atom. The Morgan fingerprint density at radius 1 is 1.32 bits per heavy atom. The van der Waals surface area contributed by atoms with Gasteiger partial charge in [0.1, 0.15) is 0 Å². The van der Waals surface area contributed by atoms with Gasteiger partial charge in [-0.1, -0.05) is 23.8 Å². The van der Waals surface area contributed by atoms with Gasteiger partial charge in [-0.05, 0) is 62.5 Å². The van der Waals surface area contributed by atoms with E-state index in [9.17, 15) is 4.79 Å². The summed E-state index contributed by atoms with van der Waals surface area (Å²) < 4.78 is 5.24. The lowest BCUT2D eigenvalue weighted by Gasteiger charge is -2.31. The highest BCUT2D eigenvalue weighted by molar-refractivity contribution is 5.73. The number of carbonyl (C=O) groups is 1. The van der Waals surface area contributed by atoms with Gasteiger partial charge in [-0.25, -0.2) is 0 Å². The molecule has 2 unspecified atom stereocenters. The third-order valence-corrected chi connectivity index (χ3v) is 4.86. The Bertz CT molecular complexity index is 492. The summed E-state index contributed by atoms with van der Waals surface area (Å²) in [6.07, 6.45) is 4.41. The number of esters is 1. The fourth-order valence-corrected chi connectivity index (χ4v) is 4.03. The Labute approximate surface area is 115 Å². The highest BCUT2D eigenvalue weighted by Crippen LogP contribution is 2.50. The molecule has 1 fully saturated rings. The summed E-state index contributed by atoms with van der Waals surface area (Å²) in [4.78, 5) is 12.0. The molecule has 0 radical (unpaired) electrons. The Kier molecular flexibility index (Phi) is 3.34. The van der Waals surface area contributed by atoms with Crippen LogP contribution in [0.3, 0.4) is 0 Å². The van der Waals surface area contributed by atoms with E-state index in [0.717, 1.165) is 25.7 Å². The predicted molar refractivity (Wildman–Crippen MR) is 75.1 cm³/mol. The first kappa shape index (κ1) is 12.7. The Balaban J connectivity index is 1.85. The van der Waals surface area contributed by atoms with Gasteiger partial charge >= 0.3 is 5.97 Å². The molecule has 102 valence electrons. The molecular formula is C17H22O2. The van der Waals surface area contributed by atoms with Gasteiger partial charge in [0.2, 0.25) is 0 Å². The number of carbonyl (C=O) groups excluding carboxylic acids is 1. The van der Waals surface area contributed by atoms with E-state index in [1.807, 2.05) is 6.92 Å². The molecule has 0 heterocycles. The molecule has 2 aliphatic rings. The lowest BCUT2D eigenvalue weighted by atomic mass is 9.74. The fraction of sp³-hybridized carbons (Fsp3) is 0.588. The van der Waals surface area contributed by atoms with E-state index in [2.05, 4.69) is 25.1 Å². The van der Waals surface area contributed by atoms with Gasteiger partial charge < -0.3 is 4.74 Å². The van der Waals surface area contributed by atoms with Gasteiger partial charge in [0.15, 0.2) is 0 Å². The predicted octanol–water partition coefficient (Wildman–Crippen LogP) is 3.61. The molecule has 0 amide bonds. The van der Waals surface area contributed by atoms with Crippen LogP contribution in [0.5, 0.6) is 0 Å². The van der Waals surface area contributed by atoms with Crippen molar-refractivity contribution in [1.29, 1.82) is 0 Å². The molecular weight excluding hydrogens is 236 g/mol. The number of fused-ring (bicyclic) bond motifs is 3. The van der Waals surface area contributed by atoms with Gasteiger partial charge in [0.05, 0.1) is 12.5 Å². The van der Waals surface area contributed by atoms with Crippen molar-refractivity contribution in [2.24, 2.45) is 11.8 Å². The Hall–Kier alpha value is -1.31. The molecule has 19 heavy (non-hydrogen) atoms. The molecule has 0 spiro atoms. The van der Waals surface area contributed by atoms with E-state index in [0.29, 0.717) is 18.4 Å². The number of aryl methyl sites for hydroxylation is 2. The van der Waals surface area contributed by atoms with E-state index in [1.54, 1.807) is 0 Å². The zero-order valence-electron chi connectivity index (χ0n) is 11.8. The number of hydrogen-bond donors (Lipinski definition) is 0. The Morgan fingerprint density at radius 2 is 2.16 bits per heavy atom. The molecule has 0 bridgehead atoms. The van der Waals surface area contributed by atoms with Crippen LogP contribution in [0, 0.1) is 18.8 Å². The zero-order valence-corrected chi connectivity index (χ0v) is 11.8. The van der Waals surface area contributed by atoms with Gasteiger partial charge in [-0.15, -0.1) is 0 Å². The maximum Gasteiger partial charge on any atom is 0.309 e. The molecule has 2 aliphatic carbocycles. The van der Waals surface area contributed by atoms with Crippen molar-refractivity contribution in [3.63, 3.8) is 0 Å². The number of ether oxygens (including phenoxy) is 1. The van der Waals surface area contributed by atoms with Crippen LogP contribution in [0.2, 0.25) is 0 Å². The van der Waals surface area contributed by atoms with Gasteiger partial charge in [-0.3, -0.25) is 4.79 Å². The van der Waals surface area contributed by atoms with E-state index in [1.165, 1.54) is 16.7 Å². The average Bonchev–Trinajstić information content (AvgIpc) is 2.82. The fourth-order valence-electron chi connectivity index (χ4n) is 4.03. The van der Waals surface area contributed by atoms with Crippen molar-refractivity contribution in [2.45, 2.75) is 45.4 Å². The number of benzene rings is 1. The highest BCUT2D eigenvalue weighted by Gasteiger charge is 2.43. The van der Waals surface area contributed by atoms with Crippen molar-refractivity contribution in [3.05, 3.63) is 34.9 Å². The molecule has 2 heteroatoms. The normalized spacial score (nSPS) is 28.6. The number of hydrogen-bond acceptors (Lipinski definition) is 2. The third-order valence-electron chi connectivity index (χ3n) is 4.86. The lowest BCUT2D eigenvalue weighted by molar-refractivity contribution is -0.149. The van der Waals surface area contributed by atoms with Crippen molar-refractivity contribution in [1.82, 2.24) is 0 Å². The van der Waals surface area contributed by atoms with E-state index >= 15 is 0 Å². The van der Waals surface area contributed by atoms with Crippen LogP contribution in [0.25, 0.3) is 0 Å². The van der Waals surface area contributed by atoms with E-state index < -0.39 is 0 Å². The van der Waals surface area contributed by atoms with E-state index in [4.69, 9.17) is 4.74 Å². The first-order valence-corrected chi connectivity index (χ1v) is 7.46. The summed E-state index contributed by atoms with van der Waals surface area (Å²) in [5.74, 6) is 1.26. The minimum Gasteiger partial charge on any atom is -0.466 e. The van der Waals surface area contributed by atoms with Gasteiger partial charge in [0, 0.05) is 0 Å². The summed E-state index contributed by atoms with van der Waals surface area (Å²) >= 11 is 0. The smallest absolute Gasteiger partial charge is 0.309 e. The van der Waals surface area contributed by atoms with Crippen molar-refractivity contribution in [3.8, 4) is 0 Å². The van der Waals surface area contributed by atoms with E-state index in [-0.39, 0.29) is 11.9 Å². The maximum absolute atomic E-state index is 12.0. The van der Waals surface area contributed by atoms with Crippen LogP contribution < -0.4 is 0 Å². The summed E-state index contributed by atoms with van der Waals surface area (Å²) in [6, 6.07) is 6.82. The molecule has 0 saturated heterocycles. The molecule has 0 aromatic heterocycles. The maximum atomic E-state index is 12.0. The third kappa shape index (κ3) is 2.18. The largest absolute Gasteiger partial charge is 0.466 e. The van der Waals surface area contributed by atoms with Crippen LogP contribution in [0.15, 0.2) is 18.2 Å². The highest BCUT2D eigenvalue weighted by atomic mass is 16.5. The molecule has 3 rings (SSSR count).